The second-order valence-corrected chi connectivity index (χ2v) is 22.0. The highest BCUT2D eigenvalue weighted by molar-refractivity contribution is 7.00. The van der Waals surface area contributed by atoms with Crippen molar-refractivity contribution in [3.63, 3.8) is 0 Å². The molecule has 5 aromatic carbocycles. The predicted molar refractivity (Wildman–Crippen MR) is 249 cm³/mol. The van der Waals surface area contributed by atoms with Crippen LogP contribution in [0.3, 0.4) is 0 Å². The third-order valence-corrected chi connectivity index (χ3v) is 17.1. The normalized spacial score (nSPS) is 27.8. The van der Waals surface area contributed by atoms with E-state index in [2.05, 4.69) is 181 Å². The first-order valence-corrected chi connectivity index (χ1v) is 22.6. The van der Waals surface area contributed by atoms with Gasteiger partial charge in [0.1, 0.15) is 0 Å². The molecule has 4 heteroatoms. The summed E-state index contributed by atoms with van der Waals surface area (Å²) in [6.07, 6.45) is 9.98. The van der Waals surface area contributed by atoms with Crippen LogP contribution < -0.4 is 31.1 Å². The summed E-state index contributed by atoms with van der Waals surface area (Å²) in [5, 5.41) is 0. The highest BCUT2D eigenvalue weighted by Crippen LogP contribution is 2.64. The quantitative estimate of drug-likeness (QED) is 0.163. The molecule has 3 nitrogen and oxygen atoms in total. The minimum absolute atomic E-state index is 0.0278. The molecule has 0 bridgehead atoms. The number of rotatable bonds is 2. The van der Waals surface area contributed by atoms with E-state index in [-0.39, 0.29) is 39.5 Å². The van der Waals surface area contributed by atoms with E-state index in [4.69, 9.17) is 0 Å². The Bertz CT molecular complexity index is 2540. The molecule has 2 saturated carbocycles. The largest absolute Gasteiger partial charge is 0.335 e. The molecule has 0 N–H and O–H groups in total. The Morgan fingerprint density at radius 3 is 1.76 bits per heavy atom. The van der Waals surface area contributed by atoms with Crippen LogP contribution in [0.4, 0.5) is 39.8 Å². The van der Waals surface area contributed by atoms with Crippen molar-refractivity contribution in [3.05, 3.63) is 119 Å². The van der Waals surface area contributed by atoms with Crippen LogP contribution in [0.15, 0.2) is 97.1 Å². The standard InChI is InChI=1S/C54H62BN3/c1-49(2,3)35-22-25-37(26-23-35)56-44-27-24-36(50(4,5)6)32-42(44)55-41-20-17-19-40-48(41)58(54(10)31-16-14-29-52(40,54)8)46-34-38(33-45(56)47(46)55)57-43-21-12-11-18-39(43)51(7)28-13-15-30-53(51,57)9/h11-12,17-27,32-34H,13-16,28-31H2,1-10H3. The second-order valence-electron chi connectivity index (χ2n) is 22.0. The lowest BCUT2D eigenvalue weighted by molar-refractivity contribution is 0.194. The minimum Gasteiger partial charge on any atom is -0.335 e. The van der Waals surface area contributed by atoms with Crippen molar-refractivity contribution < 1.29 is 0 Å². The SMILES string of the molecule is CC(C)(C)c1ccc(N2c3ccc(C(C)(C)C)cc3B3c4cccc5c4N(c4cc(N6c7ccccc7C7(C)CCCCC67C)cc2c43)C2(C)CCCCC52C)cc1. The number of anilines is 7. The van der Waals surface area contributed by atoms with Crippen LogP contribution in [0.5, 0.6) is 0 Å². The molecule has 4 heterocycles. The molecule has 11 rings (SSSR count). The third-order valence-electron chi connectivity index (χ3n) is 17.1. The summed E-state index contributed by atoms with van der Waals surface area (Å²) in [4.78, 5) is 8.40. The van der Waals surface area contributed by atoms with E-state index in [1.807, 2.05) is 0 Å². The second kappa shape index (κ2) is 11.6. The van der Waals surface area contributed by atoms with E-state index >= 15 is 0 Å². The van der Waals surface area contributed by atoms with Gasteiger partial charge in [-0.15, -0.1) is 0 Å². The molecular formula is C54H62BN3. The van der Waals surface area contributed by atoms with Gasteiger partial charge in [-0.2, -0.15) is 0 Å². The number of hydrogen-bond donors (Lipinski definition) is 0. The average molecular weight is 764 g/mol. The maximum atomic E-state index is 2.92. The van der Waals surface area contributed by atoms with Crippen molar-refractivity contribution in [1.29, 1.82) is 0 Å². The van der Waals surface area contributed by atoms with Crippen LogP contribution in [0.25, 0.3) is 0 Å². The van der Waals surface area contributed by atoms with Gasteiger partial charge in [-0.3, -0.25) is 0 Å². The summed E-state index contributed by atoms with van der Waals surface area (Å²) in [6, 6.07) is 39.1. The first-order chi connectivity index (χ1) is 27.5. The Morgan fingerprint density at radius 1 is 0.483 bits per heavy atom. The number of hydrogen-bond acceptors (Lipinski definition) is 3. The molecule has 0 aromatic heterocycles. The molecule has 4 unspecified atom stereocenters. The van der Waals surface area contributed by atoms with Gasteiger partial charge in [0.15, 0.2) is 0 Å². The number of benzene rings is 5. The van der Waals surface area contributed by atoms with E-state index in [0.717, 1.165) is 0 Å². The van der Waals surface area contributed by atoms with Gasteiger partial charge in [0.25, 0.3) is 6.71 Å². The van der Waals surface area contributed by atoms with E-state index < -0.39 is 0 Å². The van der Waals surface area contributed by atoms with Gasteiger partial charge in [-0.25, -0.2) is 0 Å². The molecule has 0 amide bonds. The van der Waals surface area contributed by atoms with Crippen molar-refractivity contribution in [2.45, 2.75) is 153 Å². The molecule has 2 fully saturated rings. The summed E-state index contributed by atoms with van der Waals surface area (Å²) >= 11 is 0. The van der Waals surface area contributed by atoms with Crippen molar-refractivity contribution in [2.75, 3.05) is 14.7 Å². The lowest BCUT2D eigenvalue weighted by Gasteiger charge is -2.54. The van der Waals surface area contributed by atoms with Crippen LogP contribution in [-0.4, -0.2) is 17.8 Å². The van der Waals surface area contributed by atoms with Gasteiger partial charge in [0.2, 0.25) is 0 Å². The smallest absolute Gasteiger partial charge is 0.252 e. The zero-order chi connectivity index (χ0) is 40.4. The Labute approximate surface area is 348 Å². The fourth-order valence-corrected chi connectivity index (χ4v) is 13.4. The van der Waals surface area contributed by atoms with E-state index in [1.165, 1.54) is 124 Å². The Hall–Kier alpha value is -4.44. The summed E-state index contributed by atoms with van der Waals surface area (Å²) in [5.74, 6) is 0. The molecule has 58 heavy (non-hydrogen) atoms. The fraction of sp³-hybridized carbons (Fsp3) is 0.444. The van der Waals surface area contributed by atoms with Crippen molar-refractivity contribution in [2.24, 2.45) is 0 Å². The van der Waals surface area contributed by atoms with Gasteiger partial charge in [0.05, 0.1) is 11.1 Å². The first-order valence-electron chi connectivity index (χ1n) is 22.6. The Morgan fingerprint density at radius 2 is 1.07 bits per heavy atom. The lowest BCUT2D eigenvalue weighted by atomic mass is 9.33. The van der Waals surface area contributed by atoms with Crippen LogP contribution in [0, 0.1) is 0 Å². The lowest BCUT2D eigenvalue weighted by Crippen LogP contribution is -2.64. The topological polar surface area (TPSA) is 9.72 Å². The van der Waals surface area contributed by atoms with E-state index in [9.17, 15) is 0 Å². The van der Waals surface area contributed by atoms with Gasteiger partial charge < -0.3 is 14.7 Å². The third kappa shape index (κ3) is 4.48. The van der Waals surface area contributed by atoms with Gasteiger partial charge in [-0.05, 0) is 125 Å². The number of fused-ring (bicyclic) bond motifs is 10. The first kappa shape index (κ1) is 36.6. The maximum absolute atomic E-state index is 2.92. The van der Waals surface area contributed by atoms with Gasteiger partial charge in [0, 0.05) is 50.6 Å². The Kier molecular flexibility index (Phi) is 7.35. The van der Waals surface area contributed by atoms with Crippen molar-refractivity contribution in [3.8, 4) is 0 Å². The number of para-hydroxylation sites is 2. The molecular weight excluding hydrogens is 701 g/mol. The molecule has 4 aliphatic heterocycles. The highest BCUT2D eigenvalue weighted by atomic mass is 15.3. The maximum Gasteiger partial charge on any atom is 0.252 e. The molecule has 4 atom stereocenters. The fourth-order valence-electron chi connectivity index (χ4n) is 13.4. The monoisotopic (exact) mass is 764 g/mol. The number of nitrogens with zero attached hydrogens (tertiary/aromatic N) is 3. The average Bonchev–Trinajstić information content (AvgIpc) is 3.54. The molecule has 0 radical (unpaired) electrons. The highest BCUT2D eigenvalue weighted by Gasteiger charge is 2.62. The minimum atomic E-state index is -0.0331. The van der Waals surface area contributed by atoms with Gasteiger partial charge in [-0.1, -0.05) is 142 Å². The van der Waals surface area contributed by atoms with Crippen LogP contribution in [0.1, 0.15) is 143 Å². The zero-order valence-corrected chi connectivity index (χ0v) is 36.8. The molecule has 5 aromatic rings. The van der Waals surface area contributed by atoms with E-state index in [1.54, 1.807) is 5.56 Å². The predicted octanol–water partition coefficient (Wildman–Crippen LogP) is 12.4. The van der Waals surface area contributed by atoms with Crippen molar-refractivity contribution in [1.82, 2.24) is 0 Å². The van der Waals surface area contributed by atoms with E-state index in [0.29, 0.717) is 0 Å². The molecule has 296 valence electrons. The van der Waals surface area contributed by atoms with Crippen LogP contribution >= 0.6 is 0 Å². The van der Waals surface area contributed by atoms with Crippen molar-refractivity contribution >= 4 is 62.9 Å². The molecule has 6 aliphatic rings. The molecule has 0 saturated heterocycles. The zero-order valence-electron chi connectivity index (χ0n) is 36.8. The van der Waals surface area contributed by atoms with Gasteiger partial charge >= 0.3 is 0 Å². The summed E-state index contributed by atoms with van der Waals surface area (Å²) in [6.45, 7) is 24.6. The summed E-state index contributed by atoms with van der Waals surface area (Å²) < 4.78 is 0. The molecule has 0 spiro atoms. The summed E-state index contributed by atoms with van der Waals surface area (Å²) in [7, 11) is 0. The van der Waals surface area contributed by atoms with Crippen LogP contribution in [0.2, 0.25) is 0 Å². The summed E-state index contributed by atoms with van der Waals surface area (Å²) in [5.41, 5.74) is 20.0. The van der Waals surface area contributed by atoms with Crippen LogP contribution in [-0.2, 0) is 21.7 Å². The molecule has 2 aliphatic carbocycles. The Balaban J connectivity index is 1.26.